The second-order valence-corrected chi connectivity index (χ2v) is 4.20. The van der Waals surface area contributed by atoms with Gasteiger partial charge in [0.05, 0.1) is 6.54 Å². The molecule has 0 spiro atoms. The van der Waals surface area contributed by atoms with Gasteiger partial charge in [-0.3, -0.25) is 4.79 Å². The molecule has 0 aliphatic heterocycles. The number of carbonyl (C=O) groups excluding carboxylic acids is 2. The number of allylic oxidation sites excluding steroid dienone is 2. The van der Waals surface area contributed by atoms with Gasteiger partial charge >= 0.3 is 6.09 Å². The fourth-order valence-electron chi connectivity index (χ4n) is 0.881. The van der Waals surface area contributed by atoms with Crippen LogP contribution in [0.3, 0.4) is 0 Å². The Kier molecular flexibility index (Phi) is 5.76. The molecule has 0 saturated carbocycles. The number of imide groups is 1. The Hall–Kier alpha value is -2.02. The Bertz CT molecular complexity index is 369. The van der Waals surface area contributed by atoms with E-state index in [4.69, 9.17) is 11.2 Å². The molecule has 0 heterocycles. The van der Waals surface area contributed by atoms with Gasteiger partial charge in [0.15, 0.2) is 0 Å². The Morgan fingerprint density at radius 3 is 2.47 bits per heavy atom. The SMILES string of the molecule is C#CCN(C(=O)/C=C/C=C)C(=O)OC(C)(C)C. The first-order chi connectivity index (χ1) is 7.81. The molecule has 0 N–H and O–H groups in total. The second kappa shape index (κ2) is 6.54. The Balaban J connectivity index is 4.80. The average molecular weight is 235 g/mol. The number of ether oxygens (including phenoxy) is 1. The molecule has 2 amide bonds. The molecule has 0 aromatic carbocycles. The zero-order valence-corrected chi connectivity index (χ0v) is 10.4. The Labute approximate surface area is 102 Å². The predicted octanol–water partition coefficient (Wildman–Crippen LogP) is 2.13. The maximum Gasteiger partial charge on any atom is 0.418 e. The van der Waals surface area contributed by atoms with Gasteiger partial charge in [0.1, 0.15) is 5.60 Å². The first-order valence-corrected chi connectivity index (χ1v) is 5.09. The molecule has 0 aliphatic carbocycles. The minimum Gasteiger partial charge on any atom is -0.443 e. The maximum atomic E-state index is 11.7. The lowest BCUT2D eigenvalue weighted by Crippen LogP contribution is -2.40. The van der Waals surface area contributed by atoms with E-state index in [0.717, 1.165) is 4.90 Å². The highest BCUT2D eigenvalue weighted by molar-refractivity contribution is 5.99. The molecular weight excluding hydrogens is 218 g/mol. The number of carbonyl (C=O) groups is 2. The number of hydrogen-bond acceptors (Lipinski definition) is 3. The lowest BCUT2D eigenvalue weighted by atomic mass is 10.2. The minimum atomic E-state index is -0.755. The number of hydrogen-bond donors (Lipinski definition) is 0. The summed E-state index contributed by atoms with van der Waals surface area (Å²) in [5.74, 6) is 1.71. The zero-order chi connectivity index (χ0) is 13.5. The average Bonchev–Trinajstić information content (AvgIpc) is 2.19. The van der Waals surface area contributed by atoms with Crippen LogP contribution in [0.2, 0.25) is 0 Å². The van der Waals surface area contributed by atoms with E-state index in [1.165, 1.54) is 18.2 Å². The van der Waals surface area contributed by atoms with Gasteiger partial charge in [0, 0.05) is 6.08 Å². The summed E-state index contributed by atoms with van der Waals surface area (Å²) >= 11 is 0. The van der Waals surface area contributed by atoms with Gasteiger partial charge in [-0.25, -0.2) is 9.69 Å². The van der Waals surface area contributed by atoms with Crippen LogP contribution in [-0.2, 0) is 9.53 Å². The van der Waals surface area contributed by atoms with Crippen molar-refractivity contribution in [2.24, 2.45) is 0 Å². The van der Waals surface area contributed by atoms with Gasteiger partial charge in [0.25, 0.3) is 5.91 Å². The molecule has 0 saturated heterocycles. The summed E-state index contributed by atoms with van der Waals surface area (Å²) in [5, 5.41) is 0. The van der Waals surface area contributed by atoms with Gasteiger partial charge in [-0.05, 0) is 20.8 Å². The summed E-state index contributed by atoms with van der Waals surface area (Å²) in [5.41, 5.74) is -0.674. The van der Waals surface area contributed by atoms with Crippen LogP contribution in [0.1, 0.15) is 20.8 Å². The van der Waals surface area contributed by atoms with Crippen molar-refractivity contribution < 1.29 is 14.3 Å². The Morgan fingerprint density at radius 1 is 1.47 bits per heavy atom. The van der Waals surface area contributed by atoms with Gasteiger partial charge in [-0.1, -0.05) is 24.7 Å². The smallest absolute Gasteiger partial charge is 0.418 e. The first kappa shape index (κ1) is 15.0. The highest BCUT2D eigenvalue weighted by Gasteiger charge is 2.24. The molecule has 0 aromatic rings. The van der Waals surface area contributed by atoms with Crippen LogP contribution in [0.15, 0.2) is 24.8 Å². The number of nitrogens with zero attached hydrogens (tertiary/aromatic N) is 1. The van der Waals surface area contributed by atoms with E-state index in [1.54, 1.807) is 20.8 Å². The van der Waals surface area contributed by atoms with E-state index >= 15 is 0 Å². The van der Waals surface area contributed by atoms with E-state index in [9.17, 15) is 9.59 Å². The van der Waals surface area contributed by atoms with Crippen molar-refractivity contribution in [3.63, 3.8) is 0 Å². The molecule has 0 atom stereocenters. The molecule has 4 heteroatoms. The van der Waals surface area contributed by atoms with Crippen molar-refractivity contribution in [3.8, 4) is 12.3 Å². The minimum absolute atomic E-state index is 0.130. The summed E-state index contributed by atoms with van der Waals surface area (Å²) in [6.45, 7) is 8.43. The van der Waals surface area contributed by atoms with Crippen molar-refractivity contribution in [1.29, 1.82) is 0 Å². The largest absolute Gasteiger partial charge is 0.443 e. The van der Waals surface area contributed by atoms with Crippen molar-refractivity contribution >= 4 is 12.0 Å². The summed E-state index contributed by atoms with van der Waals surface area (Å²) in [6, 6.07) is 0. The molecular formula is C13H17NO3. The number of rotatable bonds is 3. The maximum absolute atomic E-state index is 11.7. The van der Waals surface area contributed by atoms with Gasteiger partial charge < -0.3 is 4.74 Å². The van der Waals surface area contributed by atoms with Crippen LogP contribution in [0, 0.1) is 12.3 Å². The molecule has 0 fully saturated rings. The molecule has 0 rings (SSSR count). The van der Waals surface area contributed by atoms with Gasteiger partial charge in [-0.2, -0.15) is 0 Å². The zero-order valence-electron chi connectivity index (χ0n) is 10.4. The van der Waals surface area contributed by atoms with Crippen LogP contribution in [-0.4, -0.2) is 29.0 Å². The van der Waals surface area contributed by atoms with E-state index in [0.29, 0.717) is 0 Å². The molecule has 17 heavy (non-hydrogen) atoms. The molecule has 92 valence electrons. The fraction of sp³-hybridized carbons (Fsp3) is 0.385. The van der Waals surface area contributed by atoms with Crippen LogP contribution >= 0.6 is 0 Å². The van der Waals surface area contributed by atoms with Crippen LogP contribution in [0.25, 0.3) is 0 Å². The topological polar surface area (TPSA) is 46.6 Å². The molecule has 0 aliphatic rings. The molecule has 0 bridgehead atoms. The van der Waals surface area contributed by atoms with E-state index in [2.05, 4.69) is 12.5 Å². The molecule has 0 radical (unpaired) electrons. The second-order valence-electron chi connectivity index (χ2n) is 4.20. The van der Waals surface area contributed by atoms with Crippen molar-refractivity contribution in [2.75, 3.05) is 6.54 Å². The highest BCUT2D eigenvalue weighted by atomic mass is 16.6. The van der Waals surface area contributed by atoms with Gasteiger partial charge in [0.2, 0.25) is 0 Å². The lowest BCUT2D eigenvalue weighted by Gasteiger charge is -2.24. The van der Waals surface area contributed by atoms with Crippen molar-refractivity contribution in [2.45, 2.75) is 26.4 Å². The van der Waals surface area contributed by atoms with Crippen LogP contribution in [0.4, 0.5) is 4.79 Å². The van der Waals surface area contributed by atoms with E-state index < -0.39 is 17.6 Å². The Morgan fingerprint density at radius 2 is 2.06 bits per heavy atom. The summed E-state index contributed by atoms with van der Waals surface area (Å²) in [6.07, 6.45) is 8.41. The summed E-state index contributed by atoms with van der Waals surface area (Å²) in [7, 11) is 0. The normalized spacial score (nSPS) is 10.7. The van der Waals surface area contributed by atoms with Gasteiger partial charge in [-0.15, -0.1) is 6.42 Å². The number of amides is 2. The van der Waals surface area contributed by atoms with E-state index in [1.807, 2.05) is 0 Å². The summed E-state index contributed by atoms with van der Waals surface area (Å²) < 4.78 is 5.06. The third-order valence-corrected chi connectivity index (χ3v) is 1.50. The molecule has 4 nitrogen and oxygen atoms in total. The van der Waals surface area contributed by atoms with Crippen molar-refractivity contribution in [1.82, 2.24) is 4.90 Å². The van der Waals surface area contributed by atoms with Crippen molar-refractivity contribution in [3.05, 3.63) is 24.8 Å². The quantitative estimate of drug-likeness (QED) is 0.427. The van der Waals surface area contributed by atoms with Crippen LogP contribution in [0.5, 0.6) is 0 Å². The summed E-state index contributed by atoms with van der Waals surface area (Å²) in [4.78, 5) is 24.1. The van der Waals surface area contributed by atoms with E-state index in [-0.39, 0.29) is 6.54 Å². The number of terminal acetylenes is 1. The highest BCUT2D eigenvalue weighted by Crippen LogP contribution is 2.10. The third kappa shape index (κ3) is 6.21. The standard InChI is InChI=1S/C13H17NO3/c1-6-8-9-11(15)14(10-7-2)12(16)17-13(3,4)5/h2,6,8-9H,1,10H2,3-5H3/b9-8+. The predicted molar refractivity (Wildman–Crippen MR) is 66.1 cm³/mol. The lowest BCUT2D eigenvalue weighted by molar-refractivity contribution is -0.124. The molecule has 0 aromatic heterocycles. The monoisotopic (exact) mass is 235 g/mol. The molecule has 0 unspecified atom stereocenters. The fourth-order valence-corrected chi connectivity index (χ4v) is 0.881. The first-order valence-electron chi connectivity index (χ1n) is 5.09. The van der Waals surface area contributed by atoms with Crippen LogP contribution < -0.4 is 0 Å². The third-order valence-electron chi connectivity index (χ3n) is 1.50.